The Morgan fingerprint density at radius 2 is 2.07 bits per heavy atom. The van der Waals surface area contributed by atoms with Gasteiger partial charge in [0.2, 0.25) is 5.91 Å². The average Bonchev–Trinajstić information content (AvgIpc) is 2.95. The van der Waals surface area contributed by atoms with Crippen molar-refractivity contribution in [1.29, 1.82) is 0 Å². The van der Waals surface area contributed by atoms with Crippen LogP contribution in [0.3, 0.4) is 0 Å². The molecule has 3 rings (SSSR count). The number of fused-ring (bicyclic) bond motifs is 1. The monoisotopic (exact) mass is 401 g/mol. The van der Waals surface area contributed by atoms with E-state index in [1.54, 1.807) is 26.4 Å². The van der Waals surface area contributed by atoms with Crippen molar-refractivity contribution in [3.05, 3.63) is 69.6 Å². The van der Waals surface area contributed by atoms with Crippen molar-refractivity contribution in [3.8, 4) is 11.5 Å². The van der Waals surface area contributed by atoms with Crippen LogP contribution in [0, 0.1) is 10.1 Å². The van der Waals surface area contributed by atoms with Gasteiger partial charge in [-0.25, -0.2) is 4.99 Å². The predicted octanol–water partition coefficient (Wildman–Crippen LogP) is 2.84. The topological polar surface area (TPSA) is 103 Å². The highest BCUT2D eigenvalue weighted by molar-refractivity contribution is 8.15. The minimum absolute atomic E-state index is 0.0122. The van der Waals surface area contributed by atoms with Gasteiger partial charge in [0, 0.05) is 18.6 Å². The van der Waals surface area contributed by atoms with Gasteiger partial charge in [0.15, 0.2) is 16.7 Å². The number of nitrogens with one attached hydrogen (secondary N) is 1. The SMILES string of the molecule is COc1ccc(CCC(=O)NC2=NC3=CC=C([N+](=O)[O-])C=CC3S2)cc1OC. The van der Waals surface area contributed by atoms with Crippen LogP contribution < -0.4 is 14.8 Å². The van der Waals surface area contributed by atoms with Crippen molar-refractivity contribution >= 4 is 22.8 Å². The largest absolute Gasteiger partial charge is 0.493 e. The minimum Gasteiger partial charge on any atom is -0.493 e. The molecule has 0 radical (unpaired) electrons. The molecule has 146 valence electrons. The van der Waals surface area contributed by atoms with E-state index < -0.39 is 4.92 Å². The first-order chi connectivity index (χ1) is 13.5. The van der Waals surface area contributed by atoms with Crippen LogP contribution in [0.2, 0.25) is 0 Å². The Kier molecular flexibility index (Phi) is 6.15. The maximum Gasteiger partial charge on any atom is 0.269 e. The number of amides is 1. The van der Waals surface area contributed by atoms with E-state index in [2.05, 4.69) is 10.3 Å². The van der Waals surface area contributed by atoms with Crippen LogP contribution in [0.25, 0.3) is 0 Å². The van der Waals surface area contributed by atoms with Crippen LogP contribution in [0.5, 0.6) is 11.5 Å². The summed E-state index contributed by atoms with van der Waals surface area (Å²) >= 11 is 1.35. The van der Waals surface area contributed by atoms with Gasteiger partial charge in [-0.2, -0.15) is 0 Å². The number of hydrogen-bond acceptors (Lipinski definition) is 7. The second kappa shape index (κ2) is 8.75. The summed E-state index contributed by atoms with van der Waals surface area (Å²) in [6.07, 6.45) is 7.03. The summed E-state index contributed by atoms with van der Waals surface area (Å²) in [5, 5.41) is 14.0. The molecule has 0 fully saturated rings. The Hall–Kier alpha value is -3.07. The van der Waals surface area contributed by atoms with Crippen molar-refractivity contribution in [2.45, 2.75) is 18.1 Å². The lowest BCUT2D eigenvalue weighted by atomic mass is 10.1. The highest BCUT2D eigenvalue weighted by Gasteiger charge is 2.26. The summed E-state index contributed by atoms with van der Waals surface area (Å²) < 4.78 is 10.5. The lowest BCUT2D eigenvalue weighted by Gasteiger charge is -2.09. The van der Waals surface area contributed by atoms with Gasteiger partial charge in [0.05, 0.1) is 30.1 Å². The van der Waals surface area contributed by atoms with Crippen molar-refractivity contribution in [2.24, 2.45) is 4.99 Å². The van der Waals surface area contributed by atoms with E-state index in [1.807, 2.05) is 18.2 Å². The summed E-state index contributed by atoms with van der Waals surface area (Å²) in [4.78, 5) is 27.0. The molecular weight excluding hydrogens is 382 g/mol. The van der Waals surface area contributed by atoms with Gasteiger partial charge in [-0.15, -0.1) is 0 Å². The summed E-state index contributed by atoms with van der Waals surface area (Å²) in [5.41, 5.74) is 1.65. The number of ether oxygens (including phenoxy) is 2. The summed E-state index contributed by atoms with van der Waals surface area (Å²) in [6.45, 7) is 0. The molecule has 9 heteroatoms. The maximum atomic E-state index is 12.3. The maximum absolute atomic E-state index is 12.3. The molecule has 1 N–H and O–H groups in total. The Labute approximate surface area is 166 Å². The number of thioether (sulfide) groups is 1. The van der Waals surface area contributed by atoms with E-state index in [9.17, 15) is 14.9 Å². The average molecular weight is 401 g/mol. The number of amidine groups is 1. The van der Waals surface area contributed by atoms with Gasteiger partial charge in [-0.1, -0.05) is 23.9 Å². The molecule has 8 nitrogen and oxygen atoms in total. The lowest BCUT2D eigenvalue weighted by molar-refractivity contribution is -0.419. The van der Waals surface area contributed by atoms with E-state index in [1.165, 1.54) is 23.9 Å². The van der Waals surface area contributed by atoms with Crippen molar-refractivity contribution < 1.29 is 19.2 Å². The van der Waals surface area contributed by atoms with Gasteiger partial charge < -0.3 is 14.8 Å². The number of aryl methyl sites for hydroxylation is 1. The molecule has 1 amide bonds. The molecular formula is C19H19N3O5S. The quantitative estimate of drug-likeness (QED) is 0.581. The predicted molar refractivity (Wildman–Crippen MR) is 107 cm³/mol. The number of methoxy groups -OCH3 is 2. The zero-order chi connectivity index (χ0) is 20.1. The highest BCUT2D eigenvalue weighted by Crippen LogP contribution is 2.32. The number of carbonyl (C=O) groups excluding carboxylic acids is 1. The van der Waals surface area contributed by atoms with E-state index >= 15 is 0 Å². The first-order valence-corrected chi connectivity index (χ1v) is 9.38. The summed E-state index contributed by atoms with van der Waals surface area (Å²) in [7, 11) is 3.14. The number of nitro groups is 1. The number of aliphatic imine (C=N–C) groups is 1. The van der Waals surface area contributed by atoms with Crippen LogP contribution in [0.1, 0.15) is 12.0 Å². The van der Waals surface area contributed by atoms with E-state index in [-0.39, 0.29) is 16.9 Å². The molecule has 28 heavy (non-hydrogen) atoms. The van der Waals surface area contributed by atoms with Crippen LogP contribution in [-0.4, -0.2) is 35.5 Å². The summed E-state index contributed by atoms with van der Waals surface area (Å²) in [6, 6.07) is 5.55. The summed E-state index contributed by atoms with van der Waals surface area (Å²) in [5.74, 6) is 1.11. The van der Waals surface area contributed by atoms with Gasteiger partial charge in [0.25, 0.3) is 5.70 Å². The Bertz CT molecular complexity index is 920. The van der Waals surface area contributed by atoms with Crippen LogP contribution >= 0.6 is 11.8 Å². The molecule has 1 aliphatic carbocycles. The number of carbonyl (C=O) groups is 1. The van der Waals surface area contributed by atoms with Gasteiger partial charge in [-0.3, -0.25) is 14.9 Å². The molecule has 0 spiro atoms. The highest BCUT2D eigenvalue weighted by atomic mass is 32.2. The molecule has 0 bridgehead atoms. The van der Waals surface area contributed by atoms with Gasteiger partial charge in [0.1, 0.15) is 0 Å². The normalized spacial score (nSPS) is 17.6. The molecule has 2 aliphatic rings. The Morgan fingerprint density at radius 3 is 2.79 bits per heavy atom. The molecule has 1 aromatic rings. The number of rotatable bonds is 6. The third-order valence-electron chi connectivity index (χ3n) is 4.17. The Morgan fingerprint density at radius 1 is 1.29 bits per heavy atom. The molecule has 1 unspecified atom stereocenters. The zero-order valence-electron chi connectivity index (χ0n) is 15.4. The minimum atomic E-state index is -0.445. The fourth-order valence-corrected chi connectivity index (χ4v) is 3.71. The Balaban J connectivity index is 1.58. The fraction of sp³-hybridized carbons (Fsp3) is 0.263. The second-order valence-corrected chi connectivity index (χ2v) is 7.12. The third-order valence-corrected chi connectivity index (χ3v) is 5.24. The molecule has 0 saturated carbocycles. The number of benzene rings is 1. The third kappa shape index (κ3) is 4.61. The molecule has 1 aromatic carbocycles. The molecule has 1 heterocycles. The molecule has 0 aromatic heterocycles. The van der Waals surface area contributed by atoms with Gasteiger partial charge >= 0.3 is 0 Å². The molecule has 1 atom stereocenters. The zero-order valence-corrected chi connectivity index (χ0v) is 16.2. The second-order valence-electron chi connectivity index (χ2n) is 5.99. The van der Waals surface area contributed by atoms with Crippen LogP contribution in [0.4, 0.5) is 0 Å². The fourth-order valence-electron chi connectivity index (χ4n) is 2.73. The molecule has 0 saturated heterocycles. The first kappa shape index (κ1) is 19.7. The van der Waals surface area contributed by atoms with Crippen molar-refractivity contribution in [1.82, 2.24) is 5.32 Å². The standard InChI is InChI=1S/C19H19N3O5S/c1-26-15-8-3-12(11-16(15)27-2)4-10-18(23)21-19-20-14-7-5-13(22(24)25)6-9-17(14)28-19/h3,5-9,11,17H,4,10H2,1-2H3,(H,20,21,23). The molecule has 1 aliphatic heterocycles. The smallest absolute Gasteiger partial charge is 0.269 e. The van der Waals surface area contributed by atoms with Gasteiger partial charge in [-0.05, 0) is 30.2 Å². The van der Waals surface area contributed by atoms with E-state index in [0.29, 0.717) is 35.2 Å². The number of hydrogen-bond donors (Lipinski definition) is 1. The first-order valence-electron chi connectivity index (χ1n) is 8.50. The number of nitrogens with zero attached hydrogens (tertiary/aromatic N) is 2. The van der Waals surface area contributed by atoms with Crippen molar-refractivity contribution in [3.63, 3.8) is 0 Å². The van der Waals surface area contributed by atoms with Crippen LogP contribution in [-0.2, 0) is 11.2 Å². The van der Waals surface area contributed by atoms with Crippen molar-refractivity contribution in [2.75, 3.05) is 14.2 Å². The van der Waals surface area contributed by atoms with E-state index in [4.69, 9.17) is 9.47 Å². The van der Waals surface area contributed by atoms with Crippen LogP contribution in [0.15, 0.2) is 58.9 Å². The number of allylic oxidation sites excluding steroid dienone is 3. The lowest BCUT2D eigenvalue weighted by Crippen LogP contribution is -2.27. The van der Waals surface area contributed by atoms with E-state index in [0.717, 1.165) is 5.56 Å².